The lowest BCUT2D eigenvalue weighted by Crippen LogP contribution is -2.41. The molecule has 0 bridgehead atoms. The van der Waals surface area contributed by atoms with Gasteiger partial charge in [0.15, 0.2) is 0 Å². The largest absolute Gasteiger partial charge is 0.310 e. The van der Waals surface area contributed by atoms with Gasteiger partial charge in [0, 0.05) is 43.9 Å². The molecular formula is C22H25ClN4O4S. The Balaban J connectivity index is 1.42. The van der Waals surface area contributed by atoms with Crippen molar-refractivity contribution in [2.24, 2.45) is 5.92 Å². The molecule has 0 saturated carbocycles. The molecule has 170 valence electrons. The van der Waals surface area contributed by atoms with Crippen molar-refractivity contribution in [1.29, 1.82) is 0 Å². The first-order chi connectivity index (χ1) is 15.2. The number of anilines is 2. The zero-order valence-corrected chi connectivity index (χ0v) is 19.5. The summed E-state index contributed by atoms with van der Waals surface area (Å²) in [7, 11) is -3.68. The smallest absolute Gasteiger partial charge is 0.243 e. The highest BCUT2D eigenvalue weighted by Gasteiger charge is 2.34. The van der Waals surface area contributed by atoms with E-state index in [-0.39, 0.29) is 41.8 Å². The fourth-order valence-corrected chi connectivity index (χ4v) is 6.07. The van der Waals surface area contributed by atoms with Gasteiger partial charge in [-0.1, -0.05) is 11.6 Å². The van der Waals surface area contributed by atoms with Crippen LogP contribution in [0.5, 0.6) is 0 Å². The maximum atomic E-state index is 13.2. The van der Waals surface area contributed by atoms with E-state index in [1.807, 2.05) is 6.92 Å². The number of amides is 2. The predicted octanol–water partition coefficient (Wildman–Crippen LogP) is 3.07. The topological polar surface area (TPSA) is 99.7 Å². The van der Waals surface area contributed by atoms with Crippen LogP contribution in [-0.2, 0) is 26.0 Å². The molecule has 1 N–H and O–H groups in total. The maximum Gasteiger partial charge on any atom is 0.243 e. The van der Waals surface area contributed by atoms with Gasteiger partial charge in [0.05, 0.1) is 9.92 Å². The second kappa shape index (κ2) is 8.80. The number of hydrogen-bond acceptors (Lipinski definition) is 5. The second-order valence-electron chi connectivity index (χ2n) is 8.26. The van der Waals surface area contributed by atoms with Gasteiger partial charge in [-0.15, -0.1) is 0 Å². The van der Waals surface area contributed by atoms with Crippen LogP contribution in [0.4, 0.5) is 11.5 Å². The van der Waals surface area contributed by atoms with Crippen LogP contribution < -0.4 is 10.2 Å². The molecule has 1 atom stereocenters. The molecule has 10 heteroatoms. The number of nitrogens with zero attached hydrogens (tertiary/aromatic N) is 3. The Bertz CT molecular complexity index is 1150. The lowest BCUT2D eigenvalue weighted by Gasteiger charge is -2.30. The van der Waals surface area contributed by atoms with Crippen LogP contribution in [0.25, 0.3) is 0 Å². The van der Waals surface area contributed by atoms with Crippen LogP contribution in [0.3, 0.4) is 0 Å². The van der Waals surface area contributed by atoms with Gasteiger partial charge in [0.25, 0.3) is 0 Å². The standard InChI is InChI=1S/C22H25ClN4O4S/c1-14-11-17-12-19(4-5-20(17)27(14)15(2)28)32(30,31)26-9-7-16(8-10-26)22(29)25-21-6-3-18(23)13-24-21/h3-6,12-14,16H,7-11H2,1-2H3,(H,24,25,29). The second-order valence-corrected chi connectivity index (χ2v) is 10.6. The summed E-state index contributed by atoms with van der Waals surface area (Å²) in [5.41, 5.74) is 1.63. The van der Waals surface area contributed by atoms with Crippen molar-refractivity contribution in [3.8, 4) is 0 Å². The van der Waals surface area contributed by atoms with Crippen LogP contribution in [0.15, 0.2) is 41.4 Å². The number of hydrogen-bond donors (Lipinski definition) is 1. The minimum Gasteiger partial charge on any atom is -0.310 e. The SMILES string of the molecule is CC(=O)N1c2ccc(S(=O)(=O)N3CCC(C(=O)Nc4ccc(Cl)cn4)CC3)cc2CC1C. The number of benzene rings is 1. The maximum absolute atomic E-state index is 13.2. The molecule has 1 fully saturated rings. The molecule has 0 aliphatic carbocycles. The Hall–Kier alpha value is -2.49. The van der Waals surface area contributed by atoms with Gasteiger partial charge in [-0.3, -0.25) is 9.59 Å². The van der Waals surface area contributed by atoms with Crippen molar-refractivity contribution in [3.63, 3.8) is 0 Å². The van der Waals surface area contributed by atoms with Crippen molar-refractivity contribution in [3.05, 3.63) is 47.1 Å². The fourth-order valence-electron chi connectivity index (χ4n) is 4.43. The normalized spacial score (nSPS) is 19.6. The Morgan fingerprint density at radius 3 is 2.50 bits per heavy atom. The zero-order chi connectivity index (χ0) is 23.0. The van der Waals surface area contributed by atoms with E-state index in [9.17, 15) is 18.0 Å². The average molecular weight is 477 g/mol. The molecule has 2 aliphatic heterocycles. The molecule has 32 heavy (non-hydrogen) atoms. The first kappa shape index (κ1) is 22.7. The Labute approximate surface area is 192 Å². The molecule has 1 aromatic carbocycles. The van der Waals surface area contributed by atoms with E-state index in [0.717, 1.165) is 11.3 Å². The average Bonchev–Trinajstić information content (AvgIpc) is 3.10. The van der Waals surface area contributed by atoms with Crippen LogP contribution in [-0.4, -0.2) is 48.7 Å². The van der Waals surface area contributed by atoms with Crippen LogP contribution >= 0.6 is 11.6 Å². The number of aromatic nitrogens is 1. The van der Waals surface area contributed by atoms with Crippen molar-refractivity contribution < 1.29 is 18.0 Å². The third-order valence-corrected chi connectivity index (χ3v) is 8.17. The van der Waals surface area contributed by atoms with E-state index in [1.165, 1.54) is 17.4 Å². The molecule has 2 amide bonds. The van der Waals surface area contributed by atoms with E-state index >= 15 is 0 Å². The molecule has 1 aromatic heterocycles. The molecule has 3 heterocycles. The van der Waals surface area contributed by atoms with E-state index in [1.54, 1.807) is 35.2 Å². The first-order valence-electron chi connectivity index (χ1n) is 10.5. The molecular weight excluding hydrogens is 452 g/mol. The number of rotatable bonds is 4. The number of carbonyl (C=O) groups is 2. The van der Waals surface area contributed by atoms with Gasteiger partial charge in [0.1, 0.15) is 5.82 Å². The number of fused-ring (bicyclic) bond motifs is 1. The molecule has 8 nitrogen and oxygen atoms in total. The van der Waals surface area contributed by atoms with Crippen molar-refractivity contribution in [2.45, 2.75) is 44.0 Å². The summed E-state index contributed by atoms with van der Waals surface area (Å²) in [6.07, 6.45) is 2.94. The van der Waals surface area contributed by atoms with E-state index in [2.05, 4.69) is 10.3 Å². The molecule has 0 spiro atoms. The van der Waals surface area contributed by atoms with Crippen LogP contribution in [0, 0.1) is 5.92 Å². The Morgan fingerprint density at radius 2 is 1.88 bits per heavy atom. The van der Waals surface area contributed by atoms with Gasteiger partial charge in [-0.05, 0) is 62.1 Å². The highest BCUT2D eigenvalue weighted by molar-refractivity contribution is 7.89. The van der Waals surface area contributed by atoms with Crippen LogP contribution in [0.2, 0.25) is 5.02 Å². The number of nitrogens with one attached hydrogen (secondary N) is 1. The van der Waals surface area contributed by atoms with Crippen molar-refractivity contribution >= 4 is 44.9 Å². The van der Waals surface area contributed by atoms with Gasteiger partial charge >= 0.3 is 0 Å². The summed E-state index contributed by atoms with van der Waals surface area (Å²) in [6.45, 7) is 3.99. The fraction of sp³-hybridized carbons (Fsp3) is 0.409. The Kier molecular flexibility index (Phi) is 6.24. The third-order valence-electron chi connectivity index (χ3n) is 6.05. The summed E-state index contributed by atoms with van der Waals surface area (Å²) in [5, 5.41) is 3.24. The van der Waals surface area contributed by atoms with Crippen LogP contribution in [0.1, 0.15) is 32.3 Å². The monoisotopic (exact) mass is 476 g/mol. The number of sulfonamides is 1. The minimum atomic E-state index is -3.68. The van der Waals surface area contributed by atoms with Gasteiger partial charge < -0.3 is 10.2 Å². The molecule has 1 saturated heterocycles. The van der Waals surface area contributed by atoms with E-state index < -0.39 is 10.0 Å². The summed E-state index contributed by atoms with van der Waals surface area (Å²) >= 11 is 5.81. The molecule has 2 aliphatic rings. The zero-order valence-electron chi connectivity index (χ0n) is 17.9. The Morgan fingerprint density at radius 1 is 1.16 bits per heavy atom. The lowest BCUT2D eigenvalue weighted by molar-refractivity contribution is -0.121. The molecule has 2 aromatic rings. The van der Waals surface area contributed by atoms with Gasteiger partial charge in [-0.2, -0.15) is 4.31 Å². The lowest BCUT2D eigenvalue weighted by atomic mass is 9.97. The molecule has 0 radical (unpaired) electrons. The first-order valence-corrected chi connectivity index (χ1v) is 12.3. The minimum absolute atomic E-state index is 0.00448. The quantitative estimate of drug-likeness (QED) is 0.731. The van der Waals surface area contributed by atoms with Crippen molar-refractivity contribution in [1.82, 2.24) is 9.29 Å². The highest BCUT2D eigenvalue weighted by atomic mass is 35.5. The summed E-state index contributed by atoms with van der Waals surface area (Å²) < 4.78 is 27.8. The van der Waals surface area contributed by atoms with E-state index in [0.29, 0.717) is 30.1 Å². The molecule has 4 rings (SSSR count). The third kappa shape index (κ3) is 4.37. The van der Waals surface area contributed by atoms with Crippen molar-refractivity contribution in [2.75, 3.05) is 23.3 Å². The predicted molar refractivity (Wildman–Crippen MR) is 122 cm³/mol. The summed E-state index contributed by atoms with van der Waals surface area (Å²) in [5.74, 6) is -0.0981. The number of carbonyl (C=O) groups excluding carboxylic acids is 2. The number of halogens is 1. The summed E-state index contributed by atoms with van der Waals surface area (Å²) in [4.78, 5) is 30.4. The summed E-state index contributed by atoms with van der Waals surface area (Å²) in [6, 6.07) is 8.23. The number of pyridine rings is 1. The molecule has 1 unspecified atom stereocenters. The van der Waals surface area contributed by atoms with Gasteiger partial charge in [0.2, 0.25) is 21.8 Å². The van der Waals surface area contributed by atoms with E-state index in [4.69, 9.17) is 11.6 Å². The number of piperidine rings is 1. The van der Waals surface area contributed by atoms with Gasteiger partial charge in [-0.25, -0.2) is 13.4 Å². The highest BCUT2D eigenvalue weighted by Crippen LogP contribution is 2.35.